The van der Waals surface area contributed by atoms with Gasteiger partial charge in [0.2, 0.25) is 0 Å². The average molecular weight is 257 g/mol. The van der Waals surface area contributed by atoms with Crippen molar-refractivity contribution >= 4 is 11.6 Å². The molecule has 1 aliphatic rings. The minimum Gasteiger partial charge on any atom is -0.385 e. The molecule has 0 radical (unpaired) electrons. The van der Waals surface area contributed by atoms with Gasteiger partial charge in [0.1, 0.15) is 0 Å². The minimum atomic E-state index is -0.539. The van der Waals surface area contributed by atoms with Crippen molar-refractivity contribution in [2.45, 2.75) is 26.7 Å². The van der Waals surface area contributed by atoms with Gasteiger partial charge >= 0.3 is 0 Å². The Labute approximate surface area is 113 Å². The van der Waals surface area contributed by atoms with Crippen molar-refractivity contribution in [2.24, 2.45) is 5.41 Å². The van der Waals surface area contributed by atoms with Gasteiger partial charge in [-0.2, -0.15) is 5.26 Å². The van der Waals surface area contributed by atoms with Gasteiger partial charge in [-0.15, -0.1) is 0 Å². The second kappa shape index (κ2) is 5.31. The first-order valence-corrected chi connectivity index (χ1v) is 6.59. The number of nitrogens with zero attached hydrogens (tertiary/aromatic N) is 1. The molecule has 2 N–H and O–H groups in total. The number of nitrogens with one attached hydrogen (secondary N) is 2. The van der Waals surface area contributed by atoms with Crippen LogP contribution in [0.4, 0.5) is 5.69 Å². The molecular weight excluding hydrogens is 238 g/mol. The van der Waals surface area contributed by atoms with Gasteiger partial charge < -0.3 is 10.6 Å². The van der Waals surface area contributed by atoms with E-state index in [0.29, 0.717) is 6.54 Å². The first-order chi connectivity index (χ1) is 9.03. The van der Waals surface area contributed by atoms with Gasteiger partial charge in [-0.1, -0.05) is 6.07 Å². The van der Waals surface area contributed by atoms with Crippen LogP contribution in [0.25, 0.3) is 0 Å². The topological polar surface area (TPSA) is 64.9 Å². The van der Waals surface area contributed by atoms with Crippen LogP contribution < -0.4 is 10.6 Å². The highest BCUT2D eigenvalue weighted by atomic mass is 16.1. The lowest BCUT2D eigenvalue weighted by Gasteiger charge is -2.21. The Morgan fingerprint density at radius 1 is 1.53 bits per heavy atom. The van der Waals surface area contributed by atoms with Crippen molar-refractivity contribution in [1.29, 1.82) is 5.26 Å². The van der Waals surface area contributed by atoms with Gasteiger partial charge in [-0.05, 0) is 44.4 Å². The van der Waals surface area contributed by atoms with Crippen LogP contribution >= 0.6 is 0 Å². The summed E-state index contributed by atoms with van der Waals surface area (Å²) in [5.74, 6) is -0.0936. The maximum absolute atomic E-state index is 12.2. The lowest BCUT2D eigenvalue weighted by Crippen LogP contribution is -2.34. The normalized spacial score (nSPS) is 13.9. The predicted molar refractivity (Wildman–Crippen MR) is 75.0 cm³/mol. The summed E-state index contributed by atoms with van der Waals surface area (Å²) in [5, 5.41) is 15.1. The fourth-order valence-electron chi connectivity index (χ4n) is 2.16. The smallest absolute Gasteiger partial charge is 0.251 e. The molecule has 1 heterocycles. The van der Waals surface area contributed by atoms with E-state index in [1.807, 2.05) is 32.0 Å². The Morgan fingerprint density at radius 2 is 2.32 bits per heavy atom. The third kappa shape index (κ3) is 3.05. The van der Waals surface area contributed by atoms with Crippen LogP contribution in [0.5, 0.6) is 0 Å². The third-order valence-electron chi connectivity index (χ3n) is 3.33. The standard InChI is InChI=1S/C15H19N3O/c1-15(2,9-16)10-18-14(19)12-5-3-7-13-11(12)6-4-8-17-13/h3,5,7,17H,4,6,8,10H2,1-2H3,(H,18,19). The average Bonchev–Trinajstić information content (AvgIpc) is 2.44. The monoisotopic (exact) mass is 257 g/mol. The lowest BCUT2D eigenvalue weighted by molar-refractivity contribution is 0.0942. The van der Waals surface area contributed by atoms with E-state index < -0.39 is 5.41 Å². The molecule has 2 rings (SSSR count). The lowest BCUT2D eigenvalue weighted by atomic mass is 9.94. The molecule has 1 aromatic rings. The molecule has 100 valence electrons. The fraction of sp³-hybridized carbons (Fsp3) is 0.467. The highest BCUT2D eigenvalue weighted by molar-refractivity contribution is 5.97. The first kappa shape index (κ1) is 13.4. The third-order valence-corrected chi connectivity index (χ3v) is 3.33. The molecule has 0 saturated heterocycles. The molecule has 1 amide bonds. The van der Waals surface area contributed by atoms with Crippen molar-refractivity contribution in [1.82, 2.24) is 5.32 Å². The van der Waals surface area contributed by atoms with Gasteiger partial charge in [0.15, 0.2) is 0 Å². The second-order valence-corrected chi connectivity index (χ2v) is 5.54. The molecule has 0 bridgehead atoms. The van der Waals surface area contributed by atoms with E-state index in [1.165, 1.54) is 0 Å². The molecule has 1 aromatic carbocycles. The molecule has 4 heteroatoms. The van der Waals surface area contributed by atoms with E-state index in [1.54, 1.807) is 0 Å². The number of nitriles is 1. The van der Waals surface area contributed by atoms with Crippen molar-refractivity contribution in [3.63, 3.8) is 0 Å². The number of fused-ring (bicyclic) bond motifs is 1. The molecule has 0 unspecified atom stereocenters. The molecule has 1 aliphatic heterocycles. The summed E-state index contributed by atoms with van der Waals surface area (Å²) < 4.78 is 0. The highest BCUT2D eigenvalue weighted by Crippen LogP contribution is 2.25. The summed E-state index contributed by atoms with van der Waals surface area (Å²) >= 11 is 0. The number of carbonyl (C=O) groups excluding carboxylic acids is 1. The Balaban J connectivity index is 2.14. The van der Waals surface area contributed by atoms with Crippen molar-refractivity contribution < 1.29 is 4.79 Å². The van der Waals surface area contributed by atoms with Crippen LogP contribution in [0.3, 0.4) is 0 Å². The number of hydrogen-bond donors (Lipinski definition) is 2. The zero-order valence-electron chi connectivity index (χ0n) is 11.4. The van der Waals surface area contributed by atoms with Gasteiger partial charge in [-0.3, -0.25) is 4.79 Å². The van der Waals surface area contributed by atoms with Crippen molar-refractivity contribution in [3.8, 4) is 6.07 Å². The summed E-state index contributed by atoms with van der Waals surface area (Å²) in [6, 6.07) is 7.93. The van der Waals surface area contributed by atoms with Crippen LogP contribution in [0.15, 0.2) is 18.2 Å². The van der Waals surface area contributed by atoms with Gasteiger partial charge in [0.05, 0.1) is 11.5 Å². The van der Waals surface area contributed by atoms with E-state index in [4.69, 9.17) is 5.26 Å². The van der Waals surface area contributed by atoms with Gasteiger partial charge in [0.25, 0.3) is 5.91 Å². The molecular formula is C15H19N3O. The second-order valence-electron chi connectivity index (χ2n) is 5.54. The highest BCUT2D eigenvalue weighted by Gasteiger charge is 2.21. The predicted octanol–water partition coefficient (Wildman–Crippen LogP) is 2.32. The van der Waals surface area contributed by atoms with Crippen LogP contribution in [-0.4, -0.2) is 19.0 Å². The van der Waals surface area contributed by atoms with Crippen LogP contribution in [0.1, 0.15) is 36.2 Å². The Bertz CT molecular complexity index is 529. The number of anilines is 1. The van der Waals surface area contributed by atoms with Gasteiger partial charge in [0, 0.05) is 24.3 Å². The van der Waals surface area contributed by atoms with Gasteiger partial charge in [-0.25, -0.2) is 0 Å². The largest absolute Gasteiger partial charge is 0.385 e. The molecule has 0 aromatic heterocycles. The van der Waals surface area contributed by atoms with Crippen LogP contribution in [-0.2, 0) is 6.42 Å². The molecule has 19 heavy (non-hydrogen) atoms. The van der Waals surface area contributed by atoms with Crippen LogP contribution in [0.2, 0.25) is 0 Å². The zero-order chi connectivity index (χ0) is 13.9. The Kier molecular flexibility index (Phi) is 3.75. The number of rotatable bonds is 3. The maximum Gasteiger partial charge on any atom is 0.251 e. The summed E-state index contributed by atoms with van der Waals surface area (Å²) in [7, 11) is 0. The summed E-state index contributed by atoms with van der Waals surface area (Å²) in [6.07, 6.45) is 1.97. The van der Waals surface area contributed by atoms with E-state index >= 15 is 0 Å². The van der Waals surface area contributed by atoms with E-state index in [9.17, 15) is 4.79 Å². The summed E-state index contributed by atoms with van der Waals surface area (Å²) in [5.41, 5.74) is 2.32. The van der Waals surface area contributed by atoms with Crippen LogP contribution in [0, 0.1) is 16.7 Å². The molecule has 0 aliphatic carbocycles. The van der Waals surface area contributed by atoms with E-state index in [-0.39, 0.29) is 5.91 Å². The molecule has 0 fully saturated rings. The number of carbonyl (C=O) groups is 1. The molecule has 0 spiro atoms. The molecule has 0 saturated carbocycles. The minimum absolute atomic E-state index is 0.0936. The fourth-order valence-corrected chi connectivity index (χ4v) is 2.16. The first-order valence-electron chi connectivity index (χ1n) is 6.59. The molecule has 0 atom stereocenters. The Hall–Kier alpha value is -2.02. The zero-order valence-corrected chi connectivity index (χ0v) is 11.4. The number of benzene rings is 1. The maximum atomic E-state index is 12.2. The van der Waals surface area contributed by atoms with E-state index in [2.05, 4.69) is 16.7 Å². The van der Waals surface area contributed by atoms with E-state index in [0.717, 1.165) is 36.2 Å². The summed E-state index contributed by atoms with van der Waals surface area (Å²) in [6.45, 7) is 4.95. The SMILES string of the molecule is CC(C)(C#N)CNC(=O)c1cccc2c1CCCN2. The quantitative estimate of drug-likeness (QED) is 0.873. The summed E-state index contributed by atoms with van der Waals surface area (Å²) in [4.78, 5) is 12.2. The van der Waals surface area contributed by atoms with Crippen molar-refractivity contribution in [2.75, 3.05) is 18.4 Å². The van der Waals surface area contributed by atoms with Crippen molar-refractivity contribution in [3.05, 3.63) is 29.3 Å². The Morgan fingerprint density at radius 3 is 3.05 bits per heavy atom. The number of hydrogen-bond acceptors (Lipinski definition) is 3. The number of amides is 1. The molecule has 4 nitrogen and oxygen atoms in total.